The summed E-state index contributed by atoms with van der Waals surface area (Å²) in [6.45, 7) is 0.426. The molecule has 2 aromatic carbocycles. The van der Waals surface area contributed by atoms with Crippen LogP contribution in [0.5, 0.6) is 0 Å². The Bertz CT molecular complexity index is 1570. The highest BCUT2D eigenvalue weighted by atomic mass is 35.5. The lowest BCUT2D eigenvalue weighted by Gasteiger charge is -2.12. The van der Waals surface area contributed by atoms with E-state index < -0.39 is 0 Å². The molecule has 3 aromatic heterocycles. The van der Waals surface area contributed by atoms with Gasteiger partial charge < -0.3 is 0 Å². The Morgan fingerprint density at radius 3 is 2.58 bits per heavy atom. The van der Waals surface area contributed by atoms with Crippen molar-refractivity contribution in [3.05, 3.63) is 98.3 Å². The van der Waals surface area contributed by atoms with Gasteiger partial charge in [0, 0.05) is 34.9 Å². The average molecular weight is 534 g/mol. The molecule has 0 saturated carbocycles. The van der Waals surface area contributed by atoms with Gasteiger partial charge in [-0.05, 0) is 24.1 Å². The number of nitrogens with zero attached hydrogens (tertiary/aromatic N) is 5. The van der Waals surface area contributed by atoms with Gasteiger partial charge in [0.05, 0.1) is 17.9 Å². The lowest BCUT2D eigenvalue weighted by Crippen LogP contribution is -2.25. The molecule has 0 aliphatic heterocycles. The Morgan fingerprint density at radius 1 is 1.00 bits per heavy atom. The first-order valence-electron chi connectivity index (χ1n) is 11.2. The van der Waals surface area contributed by atoms with Crippen LogP contribution in [0, 0.1) is 0 Å². The van der Waals surface area contributed by atoms with Gasteiger partial charge in [-0.2, -0.15) is 0 Å². The van der Waals surface area contributed by atoms with Gasteiger partial charge in [-0.1, -0.05) is 65.8 Å². The summed E-state index contributed by atoms with van der Waals surface area (Å²) in [4.78, 5) is 43.5. The van der Waals surface area contributed by atoms with Gasteiger partial charge in [0.2, 0.25) is 0 Å². The van der Waals surface area contributed by atoms with Crippen molar-refractivity contribution in [1.82, 2.24) is 24.5 Å². The smallest absolute Gasteiger partial charge is 0.282 e. The summed E-state index contributed by atoms with van der Waals surface area (Å²) in [5.41, 5.74) is 3.12. The Kier molecular flexibility index (Phi) is 7.50. The molecular formula is C26H20ClN5O2S2. The van der Waals surface area contributed by atoms with E-state index in [0.717, 1.165) is 21.8 Å². The molecule has 5 rings (SSSR count). The minimum absolute atomic E-state index is 0.0000993. The fraction of sp³-hybridized carbons (Fsp3) is 0.154. The summed E-state index contributed by atoms with van der Waals surface area (Å²) in [5, 5.41) is 3.80. The molecule has 3 heterocycles. The van der Waals surface area contributed by atoms with Crippen molar-refractivity contribution >= 4 is 51.6 Å². The third-order valence-corrected chi connectivity index (χ3v) is 7.57. The number of Topliss-reactive ketones (excluding diaryl/α,β-unsaturated/α-hetero) is 1. The van der Waals surface area contributed by atoms with E-state index in [0.29, 0.717) is 23.1 Å². The van der Waals surface area contributed by atoms with Crippen molar-refractivity contribution in [3.63, 3.8) is 0 Å². The summed E-state index contributed by atoms with van der Waals surface area (Å²) >= 11 is 8.65. The number of fused-ring (bicyclic) bond motifs is 1. The van der Waals surface area contributed by atoms with Crippen molar-refractivity contribution in [2.45, 2.75) is 24.5 Å². The number of rotatable bonds is 9. The molecule has 0 aliphatic carbocycles. The second kappa shape index (κ2) is 11.1. The Hall–Kier alpha value is -3.40. The van der Waals surface area contributed by atoms with Gasteiger partial charge in [0.1, 0.15) is 10.8 Å². The molecular weight excluding hydrogens is 514 g/mol. The summed E-state index contributed by atoms with van der Waals surface area (Å²) < 4.78 is 1.59. The fourth-order valence-electron chi connectivity index (χ4n) is 3.63. The normalized spacial score (nSPS) is 11.1. The molecule has 36 heavy (non-hydrogen) atoms. The zero-order chi connectivity index (χ0) is 24.9. The Labute approximate surface area is 220 Å². The zero-order valence-corrected chi connectivity index (χ0v) is 21.4. The van der Waals surface area contributed by atoms with Gasteiger partial charge >= 0.3 is 0 Å². The monoisotopic (exact) mass is 533 g/mol. The number of aryl methyl sites for hydroxylation is 1. The Balaban J connectivity index is 1.31. The first kappa shape index (κ1) is 24.3. The summed E-state index contributed by atoms with van der Waals surface area (Å²) in [6, 6.07) is 17.4. The molecule has 0 N–H and O–H groups in total. The maximum atomic E-state index is 13.2. The molecule has 0 atom stereocenters. The molecule has 0 radical (unpaired) electrons. The van der Waals surface area contributed by atoms with Crippen molar-refractivity contribution in [2.24, 2.45) is 0 Å². The maximum Gasteiger partial charge on any atom is 0.282 e. The van der Waals surface area contributed by atoms with Crippen molar-refractivity contribution in [3.8, 4) is 11.3 Å². The summed E-state index contributed by atoms with van der Waals surface area (Å²) in [5.74, 6) is 0.166. The third kappa shape index (κ3) is 5.70. The molecule has 0 bridgehead atoms. The fourth-order valence-corrected chi connectivity index (χ4v) is 5.46. The van der Waals surface area contributed by atoms with Crippen LogP contribution in [0.4, 0.5) is 0 Å². The van der Waals surface area contributed by atoms with Crippen LogP contribution in [0.15, 0.2) is 82.3 Å². The van der Waals surface area contributed by atoms with Crippen molar-refractivity contribution in [1.29, 1.82) is 0 Å². The van der Waals surface area contributed by atoms with Crippen molar-refractivity contribution in [2.75, 3.05) is 5.75 Å². The molecule has 5 aromatic rings. The standard InChI is InChI=1S/C26H20ClN5O2S2/c27-19-8-6-18(7-9-19)21-16-35-22(30-21)14-20(33)15-36-26-31-24-23(28-11-12-29-24)25(34)32(26)13-10-17-4-2-1-3-5-17/h1-9,11-12,16H,10,13-15H2. The minimum Gasteiger partial charge on any atom is -0.298 e. The molecule has 0 amide bonds. The zero-order valence-electron chi connectivity index (χ0n) is 19.0. The SMILES string of the molecule is O=C(CSc1nc2nccnc2c(=O)n1CCc1ccccc1)Cc1nc(-c2ccc(Cl)cc2)cs1. The first-order chi connectivity index (χ1) is 17.6. The van der Waals surface area contributed by atoms with Crippen LogP contribution in [0.2, 0.25) is 5.02 Å². The van der Waals surface area contributed by atoms with Crippen molar-refractivity contribution < 1.29 is 4.79 Å². The van der Waals surface area contributed by atoms with Crippen LogP contribution < -0.4 is 5.56 Å². The predicted octanol–water partition coefficient (Wildman–Crippen LogP) is 5.11. The lowest BCUT2D eigenvalue weighted by atomic mass is 10.1. The highest BCUT2D eigenvalue weighted by molar-refractivity contribution is 7.99. The van der Waals surface area contributed by atoms with E-state index in [9.17, 15) is 9.59 Å². The molecule has 0 aliphatic rings. The van der Waals surface area contributed by atoms with E-state index in [1.54, 1.807) is 4.57 Å². The Morgan fingerprint density at radius 2 is 1.78 bits per heavy atom. The van der Waals surface area contributed by atoms with Crippen LogP contribution >= 0.6 is 34.7 Å². The second-order valence-corrected chi connectivity index (χ2v) is 10.3. The molecule has 0 spiro atoms. The quantitative estimate of drug-likeness (QED) is 0.192. The number of thiazole rings is 1. The minimum atomic E-state index is -0.258. The van der Waals surface area contributed by atoms with Crippen LogP contribution in [-0.4, -0.2) is 36.0 Å². The highest BCUT2D eigenvalue weighted by Gasteiger charge is 2.16. The molecule has 7 nitrogen and oxygen atoms in total. The molecule has 10 heteroatoms. The van der Waals surface area contributed by atoms with Crippen LogP contribution in [0.3, 0.4) is 0 Å². The molecule has 0 fully saturated rings. The second-order valence-electron chi connectivity index (χ2n) is 7.95. The van der Waals surface area contributed by atoms with Crippen LogP contribution in [0.25, 0.3) is 22.4 Å². The number of carbonyl (C=O) groups is 1. The molecule has 180 valence electrons. The third-order valence-electron chi connectivity index (χ3n) is 5.43. The average Bonchev–Trinajstić information content (AvgIpc) is 3.36. The van der Waals surface area contributed by atoms with Gasteiger partial charge in [-0.15, -0.1) is 11.3 Å². The number of halogens is 1. The van der Waals surface area contributed by atoms with E-state index in [2.05, 4.69) is 19.9 Å². The number of hydrogen-bond acceptors (Lipinski definition) is 8. The molecule has 0 saturated heterocycles. The number of ketones is 1. The van der Waals surface area contributed by atoms with E-state index in [1.165, 1.54) is 35.5 Å². The van der Waals surface area contributed by atoms with E-state index in [1.807, 2.05) is 60.0 Å². The first-order valence-corrected chi connectivity index (χ1v) is 13.4. The maximum absolute atomic E-state index is 13.2. The van der Waals surface area contributed by atoms with Gasteiger partial charge in [0.25, 0.3) is 5.56 Å². The number of thioether (sulfide) groups is 1. The van der Waals surface area contributed by atoms with E-state index >= 15 is 0 Å². The number of benzene rings is 2. The van der Waals surface area contributed by atoms with E-state index in [4.69, 9.17) is 11.6 Å². The van der Waals surface area contributed by atoms with E-state index in [-0.39, 0.29) is 34.7 Å². The number of carbonyl (C=O) groups excluding carboxylic acids is 1. The topological polar surface area (TPSA) is 90.6 Å². The summed E-state index contributed by atoms with van der Waals surface area (Å²) in [7, 11) is 0. The lowest BCUT2D eigenvalue weighted by molar-refractivity contribution is -0.116. The number of hydrogen-bond donors (Lipinski definition) is 0. The molecule has 0 unspecified atom stereocenters. The van der Waals surface area contributed by atoms with Gasteiger partial charge in [-0.25, -0.2) is 19.9 Å². The number of aromatic nitrogens is 5. The summed E-state index contributed by atoms with van der Waals surface area (Å²) in [6.07, 6.45) is 3.86. The van der Waals surface area contributed by atoms with Gasteiger partial charge in [-0.3, -0.25) is 14.2 Å². The van der Waals surface area contributed by atoms with Gasteiger partial charge in [0.15, 0.2) is 16.3 Å². The predicted molar refractivity (Wildman–Crippen MR) is 144 cm³/mol. The largest absolute Gasteiger partial charge is 0.298 e. The van der Waals surface area contributed by atoms with Crippen LogP contribution in [0.1, 0.15) is 10.6 Å². The highest BCUT2D eigenvalue weighted by Crippen LogP contribution is 2.24. The van der Waals surface area contributed by atoms with Crippen LogP contribution in [-0.2, 0) is 24.2 Å².